The first-order chi connectivity index (χ1) is 26.6. The Morgan fingerprint density at radius 3 is 1.19 bits per heavy atom. The molecular weight excluding hydrogens is 669 g/mol. The second kappa shape index (κ2) is 43.7. The molecule has 0 aromatic rings. The monoisotopic (exact) mass is 745 g/mol. The van der Waals surface area contributed by atoms with E-state index in [9.17, 15) is 14.7 Å². The largest absolute Gasteiger partial charge is 0.462 e. The van der Waals surface area contributed by atoms with Crippen LogP contribution in [-0.4, -0.2) is 36.4 Å². The summed E-state index contributed by atoms with van der Waals surface area (Å²) in [4.78, 5) is 24.0. The first kappa shape index (κ1) is 50.3. The molecule has 1 unspecified atom stereocenters. The summed E-state index contributed by atoms with van der Waals surface area (Å²) >= 11 is 0. The quantitative estimate of drug-likeness (QED) is 0.0393. The van der Waals surface area contributed by atoms with Crippen LogP contribution < -0.4 is 0 Å². The second-order valence-corrected chi connectivity index (χ2v) is 13.3. The van der Waals surface area contributed by atoms with Gasteiger partial charge in [0.1, 0.15) is 6.61 Å². The molecule has 0 amide bonds. The summed E-state index contributed by atoms with van der Waals surface area (Å²) in [5, 5.41) is 9.47. The number of carbonyl (C=O) groups excluding carboxylic acids is 2. The molecule has 0 aliphatic rings. The molecule has 0 spiro atoms. The van der Waals surface area contributed by atoms with E-state index in [2.05, 4.69) is 135 Å². The summed E-state index contributed by atoms with van der Waals surface area (Å²) in [6, 6.07) is 0. The Morgan fingerprint density at radius 1 is 0.444 bits per heavy atom. The second-order valence-electron chi connectivity index (χ2n) is 13.3. The van der Waals surface area contributed by atoms with Gasteiger partial charge in [0, 0.05) is 12.8 Å². The van der Waals surface area contributed by atoms with Crippen LogP contribution in [0.4, 0.5) is 0 Å². The van der Waals surface area contributed by atoms with E-state index in [4.69, 9.17) is 9.47 Å². The van der Waals surface area contributed by atoms with E-state index in [0.717, 1.165) is 122 Å². The maximum atomic E-state index is 12.1. The van der Waals surface area contributed by atoms with Gasteiger partial charge in [0.15, 0.2) is 6.10 Å². The highest BCUT2D eigenvalue weighted by atomic mass is 16.6. The lowest BCUT2D eigenvalue weighted by Gasteiger charge is -2.15. The lowest BCUT2D eigenvalue weighted by Crippen LogP contribution is -2.28. The molecule has 302 valence electrons. The van der Waals surface area contributed by atoms with Gasteiger partial charge in [-0.2, -0.15) is 0 Å². The van der Waals surface area contributed by atoms with Crippen molar-refractivity contribution in [3.63, 3.8) is 0 Å². The highest BCUT2D eigenvalue weighted by Crippen LogP contribution is 2.10. The number of aliphatic hydroxyl groups excluding tert-OH is 1. The molecule has 0 aromatic heterocycles. The number of allylic oxidation sites excluding steroid dienone is 20. The van der Waals surface area contributed by atoms with Gasteiger partial charge in [-0.05, 0) is 89.9 Å². The van der Waals surface area contributed by atoms with Crippen molar-refractivity contribution in [3.8, 4) is 0 Å². The van der Waals surface area contributed by atoms with Crippen LogP contribution in [0.3, 0.4) is 0 Å². The van der Waals surface area contributed by atoms with Crippen LogP contribution in [0.1, 0.15) is 155 Å². The number of rotatable bonds is 36. The van der Waals surface area contributed by atoms with Gasteiger partial charge in [-0.25, -0.2) is 0 Å². The third-order valence-electron chi connectivity index (χ3n) is 8.27. The van der Waals surface area contributed by atoms with Crippen molar-refractivity contribution in [1.82, 2.24) is 0 Å². The van der Waals surface area contributed by atoms with Gasteiger partial charge in [-0.3, -0.25) is 9.59 Å². The Morgan fingerprint density at radius 2 is 0.796 bits per heavy atom. The van der Waals surface area contributed by atoms with Crippen LogP contribution in [0, 0.1) is 0 Å². The molecule has 0 aromatic carbocycles. The highest BCUT2D eigenvalue weighted by Gasteiger charge is 2.16. The Bertz CT molecular complexity index is 1160. The van der Waals surface area contributed by atoms with E-state index in [1.54, 1.807) is 0 Å². The van der Waals surface area contributed by atoms with Gasteiger partial charge in [-0.15, -0.1) is 0 Å². The van der Waals surface area contributed by atoms with Gasteiger partial charge in [0.05, 0.1) is 6.61 Å². The summed E-state index contributed by atoms with van der Waals surface area (Å²) in [5.41, 5.74) is 0. The van der Waals surface area contributed by atoms with Crippen LogP contribution in [-0.2, 0) is 19.1 Å². The SMILES string of the molecule is CC/C=C\C/C=C\C/C=C\C/C=C\C/C=C\C/C=C\C/C=C\C/C=C\C/C=C\C/C=C\CCCCCCC(=O)OC(CO)COC(=O)CCCCCCC. The van der Waals surface area contributed by atoms with Crippen molar-refractivity contribution >= 4 is 11.9 Å². The summed E-state index contributed by atoms with van der Waals surface area (Å²) < 4.78 is 10.5. The van der Waals surface area contributed by atoms with Crippen molar-refractivity contribution in [2.45, 2.75) is 161 Å². The molecule has 1 N–H and O–H groups in total. The van der Waals surface area contributed by atoms with Gasteiger partial charge in [-0.1, -0.05) is 174 Å². The maximum absolute atomic E-state index is 12.1. The van der Waals surface area contributed by atoms with Crippen LogP contribution in [0.25, 0.3) is 0 Å². The Balaban J connectivity index is 3.68. The third kappa shape index (κ3) is 41.1. The van der Waals surface area contributed by atoms with Crippen molar-refractivity contribution < 1.29 is 24.2 Å². The number of hydrogen-bond acceptors (Lipinski definition) is 5. The molecule has 0 saturated heterocycles. The molecule has 0 heterocycles. The van der Waals surface area contributed by atoms with Crippen LogP contribution in [0.15, 0.2) is 122 Å². The molecule has 0 radical (unpaired) electrons. The molecule has 0 aliphatic heterocycles. The maximum Gasteiger partial charge on any atom is 0.306 e. The van der Waals surface area contributed by atoms with Gasteiger partial charge in [0.2, 0.25) is 0 Å². The fraction of sp³-hybridized carbons (Fsp3) is 0.551. The standard InChI is InChI=1S/C49H76O5/c1-3-5-7-9-10-11-12-13-14-15-16-17-18-19-20-21-22-23-24-25-26-27-28-29-30-31-32-33-34-35-36-37-38-40-42-44-49(52)54-47(45-50)46-53-48(51)43-41-39-8-6-4-2/h5,7,10-11,13-14,16-17,19-20,22-23,25-26,28-29,31-32,34-35,47,50H,3-4,6,8-9,12,15,18,21,24,27,30,33,36-46H2,1-2H3/b7-5-,11-10-,14-13-,17-16-,20-19-,23-22-,26-25-,29-28-,32-31-,35-34-. The minimum atomic E-state index is -0.788. The summed E-state index contributed by atoms with van der Waals surface area (Å²) in [7, 11) is 0. The Labute approximate surface area is 331 Å². The average Bonchev–Trinajstić information content (AvgIpc) is 3.17. The van der Waals surface area contributed by atoms with Gasteiger partial charge in [0.25, 0.3) is 0 Å². The van der Waals surface area contributed by atoms with E-state index < -0.39 is 6.10 Å². The van der Waals surface area contributed by atoms with E-state index >= 15 is 0 Å². The molecule has 5 nitrogen and oxygen atoms in total. The van der Waals surface area contributed by atoms with Crippen molar-refractivity contribution in [2.75, 3.05) is 13.2 Å². The Hall–Kier alpha value is -3.70. The van der Waals surface area contributed by atoms with Crippen LogP contribution >= 0.6 is 0 Å². The lowest BCUT2D eigenvalue weighted by molar-refractivity contribution is -0.161. The Kier molecular flexibility index (Phi) is 40.7. The molecule has 0 bridgehead atoms. The van der Waals surface area contributed by atoms with Crippen molar-refractivity contribution in [2.24, 2.45) is 0 Å². The zero-order valence-corrected chi connectivity index (χ0v) is 34.2. The third-order valence-corrected chi connectivity index (χ3v) is 8.27. The molecular formula is C49H76O5. The minimum Gasteiger partial charge on any atom is -0.462 e. The zero-order valence-electron chi connectivity index (χ0n) is 34.2. The number of carbonyl (C=O) groups is 2. The van der Waals surface area contributed by atoms with Gasteiger partial charge < -0.3 is 14.6 Å². The zero-order chi connectivity index (χ0) is 39.3. The average molecular weight is 745 g/mol. The molecule has 0 saturated carbocycles. The molecule has 1 atom stereocenters. The lowest BCUT2D eigenvalue weighted by atomic mass is 10.1. The fourth-order valence-corrected chi connectivity index (χ4v) is 5.11. The number of hydrogen-bond donors (Lipinski definition) is 1. The van der Waals surface area contributed by atoms with E-state index in [0.29, 0.717) is 12.8 Å². The van der Waals surface area contributed by atoms with E-state index in [1.807, 2.05) is 0 Å². The van der Waals surface area contributed by atoms with E-state index in [1.165, 1.54) is 6.42 Å². The molecule has 5 heteroatoms. The fourth-order valence-electron chi connectivity index (χ4n) is 5.11. The number of unbranched alkanes of at least 4 members (excludes halogenated alkanes) is 8. The van der Waals surface area contributed by atoms with Gasteiger partial charge >= 0.3 is 11.9 Å². The summed E-state index contributed by atoms with van der Waals surface area (Å²) in [5.74, 6) is -0.647. The normalized spacial score (nSPS) is 13.5. The minimum absolute atomic E-state index is 0.0846. The topological polar surface area (TPSA) is 72.8 Å². The molecule has 0 rings (SSSR count). The molecule has 54 heavy (non-hydrogen) atoms. The number of esters is 2. The van der Waals surface area contributed by atoms with Crippen molar-refractivity contribution in [1.29, 1.82) is 0 Å². The number of aliphatic hydroxyl groups is 1. The summed E-state index contributed by atoms with van der Waals surface area (Å²) in [6.45, 7) is 3.88. The van der Waals surface area contributed by atoms with Crippen LogP contribution in [0.5, 0.6) is 0 Å². The smallest absolute Gasteiger partial charge is 0.306 e. The molecule has 0 fully saturated rings. The van der Waals surface area contributed by atoms with E-state index in [-0.39, 0.29) is 25.2 Å². The predicted octanol–water partition coefficient (Wildman–Crippen LogP) is 13.6. The highest BCUT2D eigenvalue weighted by molar-refractivity contribution is 5.70. The first-order valence-electron chi connectivity index (χ1n) is 21.1. The van der Waals surface area contributed by atoms with Crippen LogP contribution in [0.2, 0.25) is 0 Å². The van der Waals surface area contributed by atoms with Crippen molar-refractivity contribution in [3.05, 3.63) is 122 Å². The summed E-state index contributed by atoms with van der Waals surface area (Å²) in [6.07, 6.45) is 64.6. The molecule has 0 aliphatic carbocycles. The predicted molar refractivity (Wildman–Crippen MR) is 232 cm³/mol. The first-order valence-corrected chi connectivity index (χ1v) is 21.1. The number of ether oxygens (including phenoxy) is 2.